The van der Waals surface area contributed by atoms with E-state index in [0.29, 0.717) is 19.0 Å². The Morgan fingerprint density at radius 2 is 2.15 bits per heavy atom. The first kappa shape index (κ1) is 15.7. The van der Waals surface area contributed by atoms with Crippen LogP contribution in [0.4, 0.5) is 0 Å². The highest BCUT2D eigenvalue weighted by molar-refractivity contribution is 7.91. The average molecular weight is 303 g/mol. The lowest BCUT2D eigenvalue weighted by atomic mass is 10.1. The number of hydrogen-bond acceptors (Lipinski definition) is 5. The quantitative estimate of drug-likeness (QED) is 0.745. The molecule has 2 unspecified atom stereocenters. The van der Waals surface area contributed by atoms with Gasteiger partial charge in [0.05, 0.1) is 18.1 Å². The zero-order valence-electron chi connectivity index (χ0n) is 12.3. The van der Waals surface area contributed by atoms with Gasteiger partial charge in [-0.05, 0) is 32.9 Å². The summed E-state index contributed by atoms with van der Waals surface area (Å²) in [4.78, 5) is 16.1. The molecular weight excluding hydrogens is 278 g/mol. The molecule has 0 aromatic heterocycles. The molecule has 0 spiro atoms. The van der Waals surface area contributed by atoms with Crippen molar-refractivity contribution >= 4 is 15.7 Å². The number of likely N-dealkylation sites (tertiary alicyclic amines) is 1. The van der Waals surface area contributed by atoms with E-state index in [1.807, 2.05) is 7.05 Å². The molecule has 2 rings (SSSR count). The minimum Gasteiger partial charge on any atom is -0.341 e. The van der Waals surface area contributed by atoms with Crippen molar-refractivity contribution in [2.24, 2.45) is 0 Å². The normalized spacial score (nSPS) is 30.3. The van der Waals surface area contributed by atoms with E-state index < -0.39 is 9.84 Å². The van der Waals surface area contributed by atoms with Crippen LogP contribution < -0.4 is 5.32 Å². The maximum absolute atomic E-state index is 12.3. The minimum atomic E-state index is -2.94. The molecule has 0 aliphatic carbocycles. The van der Waals surface area contributed by atoms with Gasteiger partial charge < -0.3 is 10.2 Å². The third-order valence-electron chi connectivity index (χ3n) is 4.42. The molecular formula is C13H25N3O3S. The molecule has 2 aliphatic heterocycles. The van der Waals surface area contributed by atoms with Crippen LogP contribution in [-0.2, 0) is 14.6 Å². The summed E-state index contributed by atoms with van der Waals surface area (Å²) in [5.41, 5.74) is 0. The first-order chi connectivity index (χ1) is 9.41. The van der Waals surface area contributed by atoms with Crippen molar-refractivity contribution in [3.05, 3.63) is 0 Å². The highest BCUT2D eigenvalue weighted by Gasteiger charge is 2.33. The summed E-state index contributed by atoms with van der Waals surface area (Å²) >= 11 is 0. The van der Waals surface area contributed by atoms with Gasteiger partial charge in [0.15, 0.2) is 9.84 Å². The number of amides is 1. The maximum Gasteiger partial charge on any atom is 0.236 e. The Morgan fingerprint density at radius 1 is 1.40 bits per heavy atom. The molecule has 0 aromatic rings. The topological polar surface area (TPSA) is 69.7 Å². The molecule has 116 valence electrons. The van der Waals surface area contributed by atoms with Crippen molar-refractivity contribution in [3.8, 4) is 0 Å². The number of nitrogens with one attached hydrogen (secondary N) is 1. The predicted molar refractivity (Wildman–Crippen MR) is 78.4 cm³/mol. The number of carbonyl (C=O) groups is 1. The lowest BCUT2D eigenvalue weighted by molar-refractivity contribution is -0.133. The number of likely N-dealkylation sites (N-methyl/N-ethyl adjacent to an activating group) is 2. The first-order valence-electron chi connectivity index (χ1n) is 7.27. The van der Waals surface area contributed by atoms with E-state index in [4.69, 9.17) is 0 Å². The summed E-state index contributed by atoms with van der Waals surface area (Å²) in [5, 5.41) is 3.26. The summed E-state index contributed by atoms with van der Waals surface area (Å²) in [7, 11) is 0.742. The van der Waals surface area contributed by atoms with Gasteiger partial charge in [0, 0.05) is 25.7 Å². The van der Waals surface area contributed by atoms with E-state index in [2.05, 4.69) is 10.2 Å². The Hall–Kier alpha value is -0.660. The minimum absolute atomic E-state index is 0.0313. The molecule has 2 fully saturated rings. The highest BCUT2D eigenvalue weighted by Crippen LogP contribution is 2.17. The SMILES string of the molecule is CNC1CCCN(CC(=O)N(C)C2CCS(=O)(=O)C2)C1. The van der Waals surface area contributed by atoms with Crippen molar-refractivity contribution in [2.45, 2.75) is 31.3 Å². The number of carbonyl (C=O) groups excluding carboxylic acids is 1. The predicted octanol–water partition coefficient (Wildman–Crippen LogP) is -0.684. The van der Waals surface area contributed by atoms with E-state index in [1.165, 1.54) is 0 Å². The first-order valence-corrected chi connectivity index (χ1v) is 9.09. The molecule has 2 atom stereocenters. The van der Waals surface area contributed by atoms with Gasteiger partial charge in [-0.2, -0.15) is 0 Å². The fraction of sp³-hybridized carbons (Fsp3) is 0.923. The fourth-order valence-corrected chi connectivity index (χ4v) is 4.80. The van der Waals surface area contributed by atoms with Crippen LogP contribution in [0.3, 0.4) is 0 Å². The summed E-state index contributed by atoms with van der Waals surface area (Å²) in [6, 6.07) is 0.311. The Morgan fingerprint density at radius 3 is 2.75 bits per heavy atom. The molecule has 0 aromatic carbocycles. The Kier molecular flexibility index (Phi) is 5.04. The van der Waals surface area contributed by atoms with Gasteiger partial charge in [0.25, 0.3) is 0 Å². The second-order valence-corrected chi connectivity index (χ2v) is 8.15. The largest absolute Gasteiger partial charge is 0.341 e. The number of hydrogen-bond donors (Lipinski definition) is 1. The Labute approximate surface area is 121 Å². The van der Waals surface area contributed by atoms with E-state index in [0.717, 1.165) is 25.9 Å². The highest BCUT2D eigenvalue weighted by atomic mass is 32.2. The molecule has 0 bridgehead atoms. The smallest absolute Gasteiger partial charge is 0.236 e. The standard InChI is InChI=1S/C13H25N3O3S/c1-14-11-4-3-6-16(8-11)9-13(17)15(2)12-5-7-20(18,19)10-12/h11-12,14H,3-10H2,1-2H3. The van der Waals surface area contributed by atoms with Gasteiger partial charge in [0.1, 0.15) is 0 Å². The van der Waals surface area contributed by atoms with Crippen LogP contribution in [0.25, 0.3) is 0 Å². The number of rotatable bonds is 4. The molecule has 2 aliphatic rings. The van der Waals surface area contributed by atoms with Crippen LogP contribution in [0.2, 0.25) is 0 Å². The van der Waals surface area contributed by atoms with Crippen molar-refractivity contribution in [3.63, 3.8) is 0 Å². The fourth-order valence-electron chi connectivity index (χ4n) is 3.02. The molecule has 2 saturated heterocycles. The Balaban J connectivity index is 1.85. The van der Waals surface area contributed by atoms with E-state index in [1.54, 1.807) is 11.9 Å². The third kappa shape index (κ3) is 3.93. The van der Waals surface area contributed by atoms with Gasteiger partial charge in [-0.3, -0.25) is 9.69 Å². The van der Waals surface area contributed by atoms with Gasteiger partial charge in [-0.25, -0.2) is 8.42 Å². The zero-order valence-corrected chi connectivity index (χ0v) is 13.2. The summed E-state index contributed by atoms with van der Waals surface area (Å²) in [6.07, 6.45) is 2.82. The van der Waals surface area contributed by atoms with Crippen molar-refractivity contribution in [2.75, 3.05) is 45.2 Å². The second-order valence-electron chi connectivity index (χ2n) is 5.92. The van der Waals surface area contributed by atoms with Crippen LogP contribution >= 0.6 is 0 Å². The molecule has 6 nitrogen and oxygen atoms in total. The molecule has 1 amide bonds. The van der Waals surface area contributed by atoms with Gasteiger partial charge in [-0.1, -0.05) is 0 Å². The number of piperidine rings is 1. The van der Waals surface area contributed by atoms with Crippen LogP contribution in [0.5, 0.6) is 0 Å². The molecule has 0 radical (unpaired) electrons. The summed E-state index contributed by atoms with van der Waals surface area (Å²) < 4.78 is 23.0. The van der Waals surface area contributed by atoms with Gasteiger partial charge in [-0.15, -0.1) is 0 Å². The molecule has 2 heterocycles. The van der Waals surface area contributed by atoms with Crippen LogP contribution in [0.1, 0.15) is 19.3 Å². The lowest BCUT2D eigenvalue weighted by Crippen LogP contribution is -2.49. The molecule has 1 N–H and O–H groups in total. The molecule has 0 saturated carbocycles. The summed E-state index contributed by atoms with van der Waals surface area (Å²) in [6.45, 7) is 2.23. The zero-order chi connectivity index (χ0) is 14.8. The van der Waals surface area contributed by atoms with Crippen LogP contribution in [0.15, 0.2) is 0 Å². The summed E-state index contributed by atoms with van der Waals surface area (Å²) in [5.74, 6) is 0.360. The van der Waals surface area contributed by atoms with E-state index in [-0.39, 0.29) is 23.5 Å². The van der Waals surface area contributed by atoms with Crippen molar-refractivity contribution in [1.82, 2.24) is 15.1 Å². The molecule has 20 heavy (non-hydrogen) atoms. The number of sulfone groups is 1. The van der Waals surface area contributed by atoms with Gasteiger partial charge in [0.2, 0.25) is 5.91 Å². The van der Waals surface area contributed by atoms with E-state index >= 15 is 0 Å². The Bertz CT molecular complexity index is 452. The van der Waals surface area contributed by atoms with Crippen molar-refractivity contribution < 1.29 is 13.2 Å². The van der Waals surface area contributed by atoms with E-state index in [9.17, 15) is 13.2 Å². The average Bonchev–Trinajstić information content (AvgIpc) is 2.78. The van der Waals surface area contributed by atoms with Crippen LogP contribution in [-0.4, -0.2) is 81.4 Å². The van der Waals surface area contributed by atoms with Crippen LogP contribution in [0, 0.1) is 0 Å². The maximum atomic E-state index is 12.3. The lowest BCUT2D eigenvalue weighted by Gasteiger charge is -2.34. The van der Waals surface area contributed by atoms with Crippen molar-refractivity contribution in [1.29, 1.82) is 0 Å². The van der Waals surface area contributed by atoms with Gasteiger partial charge >= 0.3 is 0 Å². The second kappa shape index (κ2) is 6.41. The molecule has 7 heteroatoms. The number of nitrogens with zero attached hydrogens (tertiary/aromatic N) is 2. The monoisotopic (exact) mass is 303 g/mol. The third-order valence-corrected chi connectivity index (χ3v) is 6.17.